The molecule has 0 aliphatic heterocycles. The molecule has 0 spiro atoms. The van der Waals surface area contributed by atoms with E-state index in [-0.39, 0.29) is 41.6 Å². The second-order valence-corrected chi connectivity index (χ2v) is 6.92. The molecule has 7 nitrogen and oxygen atoms in total. The first-order chi connectivity index (χ1) is 12.0. The van der Waals surface area contributed by atoms with E-state index in [0.717, 1.165) is 19.4 Å². The van der Waals surface area contributed by atoms with Gasteiger partial charge >= 0.3 is 5.97 Å². The molecule has 0 aromatic heterocycles. The van der Waals surface area contributed by atoms with Crippen LogP contribution in [0.5, 0.6) is 11.5 Å². The van der Waals surface area contributed by atoms with Crippen LogP contribution >= 0.6 is 0 Å². The minimum Gasteiger partial charge on any atom is -0.504 e. The molecule has 1 amide bonds. The number of hydrogen-bond donors (Lipinski definition) is 3. The third-order valence-corrected chi connectivity index (χ3v) is 4.96. The number of phenolic OH excluding ortho intramolecular Hbond substituents is 1. The quantitative estimate of drug-likeness (QED) is 0.658. The van der Waals surface area contributed by atoms with Crippen molar-refractivity contribution in [3.63, 3.8) is 0 Å². The Bertz CT molecular complexity index is 653. The molecule has 0 radical (unpaired) electrons. The molecule has 2 aliphatic rings. The maximum Gasteiger partial charge on any atom is 0.317 e. The Kier molecular flexibility index (Phi) is 5.13. The molecule has 1 aromatic carbocycles. The summed E-state index contributed by atoms with van der Waals surface area (Å²) in [4.78, 5) is 25.4. The molecule has 1 aromatic rings. The lowest BCUT2D eigenvalue weighted by Gasteiger charge is -2.42. The van der Waals surface area contributed by atoms with Crippen LogP contribution in [0.4, 0.5) is 0 Å². The van der Waals surface area contributed by atoms with Gasteiger partial charge in [0.15, 0.2) is 11.5 Å². The summed E-state index contributed by atoms with van der Waals surface area (Å²) in [7, 11) is 1.43. The minimum absolute atomic E-state index is 0.00130. The third-order valence-electron chi connectivity index (χ3n) is 4.96. The van der Waals surface area contributed by atoms with Gasteiger partial charge in [0.2, 0.25) is 0 Å². The number of rotatable bonds is 8. The average molecular weight is 348 g/mol. The standard InChI is InChI=1S/C18H24N2O5/c1-25-15-4-2-3-14(17(15)23)18(24)19-12-7-13(8-12)20(10-16(21)22)9-11-5-6-11/h2-4,11-13,23H,5-10H2,1H3,(H,19,24)(H,21,22). The Morgan fingerprint density at radius 2 is 2.04 bits per heavy atom. The van der Waals surface area contributed by atoms with Gasteiger partial charge in [-0.1, -0.05) is 6.07 Å². The molecule has 25 heavy (non-hydrogen) atoms. The molecule has 2 saturated carbocycles. The first kappa shape index (κ1) is 17.5. The predicted octanol–water partition coefficient (Wildman–Crippen LogP) is 1.46. The summed E-state index contributed by atoms with van der Waals surface area (Å²) >= 11 is 0. The lowest BCUT2D eigenvalue weighted by molar-refractivity contribution is -0.139. The van der Waals surface area contributed by atoms with Gasteiger partial charge in [-0.3, -0.25) is 14.5 Å². The van der Waals surface area contributed by atoms with E-state index in [1.165, 1.54) is 20.0 Å². The summed E-state index contributed by atoms with van der Waals surface area (Å²) in [5.74, 6) is -0.432. The molecule has 0 heterocycles. The lowest BCUT2D eigenvalue weighted by Crippen LogP contribution is -2.55. The lowest BCUT2D eigenvalue weighted by atomic mass is 9.85. The van der Waals surface area contributed by atoms with Crippen LogP contribution in [0.1, 0.15) is 36.0 Å². The number of methoxy groups -OCH3 is 1. The third kappa shape index (κ3) is 4.22. The van der Waals surface area contributed by atoms with Crippen LogP contribution < -0.4 is 10.1 Å². The Morgan fingerprint density at radius 3 is 2.64 bits per heavy atom. The number of aliphatic carboxylic acids is 1. The number of hydrogen-bond acceptors (Lipinski definition) is 5. The number of para-hydroxylation sites is 1. The maximum absolute atomic E-state index is 12.3. The second-order valence-electron chi connectivity index (χ2n) is 6.92. The number of carbonyl (C=O) groups excluding carboxylic acids is 1. The van der Waals surface area contributed by atoms with Crippen molar-refractivity contribution < 1.29 is 24.5 Å². The van der Waals surface area contributed by atoms with Crippen LogP contribution in [0.3, 0.4) is 0 Å². The summed E-state index contributed by atoms with van der Waals surface area (Å²) in [6.45, 7) is 0.882. The van der Waals surface area contributed by atoms with Crippen molar-refractivity contribution in [2.75, 3.05) is 20.2 Å². The Hall–Kier alpha value is -2.28. The van der Waals surface area contributed by atoms with E-state index < -0.39 is 5.97 Å². The highest BCUT2D eigenvalue weighted by molar-refractivity contribution is 5.97. The molecule has 2 fully saturated rings. The number of amides is 1. The van der Waals surface area contributed by atoms with Crippen molar-refractivity contribution in [2.45, 2.75) is 37.8 Å². The van der Waals surface area contributed by atoms with Gasteiger partial charge in [-0.25, -0.2) is 0 Å². The highest BCUT2D eigenvalue weighted by atomic mass is 16.5. The number of nitrogens with one attached hydrogen (secondary N) is 1. The van der Waals surface area contributed by atoms with Gasteiger partial charge in [-0.15, -0.1) is 0 Å². The highest BCUT2D eigenvalue weighted by Gasteiger charge is 2.38. The van der Waals surface area contributed by atoms with Gasteiger partial charge in [0.25, 0.3) is 5.91 Å². The maximum atomic E-state index is 12.3. The molecule has 136 valence electrons. The number of ether oxygens (including phenoxy) is 1. The SMILES string of the molecule is COc1cccc(C(=O)NC2CC(N(CC(=O)O)CC3CC3)C2)c1O. The molecule has 0 saturated heterocycles. The Balaban J connectivity index is 1.53. The molecule has 0 unspecified atom stereocenters. The van der Waals surface area contributed by atoms with Crippen LogP contribution in [0, 0.1) is 5.92 Å². The predicted molar refractivity (Wildman–Crippen MR) is 90.9 cm³/mol. The minimum atomic E-state index is -0.811. The fourth-order valence-electron chi connectivity index (χ4n) is 3.29. The first-order valence-electron chi connectivity index (χ1n) is 8.60. The number of carbonyl (C=O) groups is 2. The zero-order valence-corrected chi connectivity index (χ0v) is 14.3. The van der Waals surface area contributed by atoms with Crippen LogP contribution in [-0.2, 0) is 4.79 Å². The fraction of sp³-hybridized carbons (Fsp3) is 0.556. The fourth-order valence-corrected chi connectivity index (χ4v) is 3.29. The molecule has 0 atom stereocenters. The largest absolute Gasteiger partial charge is 0.504 e. The van der Waals surface area contributed by atoms with Crippen molar-refractivity contribution in [3.05, 3.63) is 23.8 Å². The average Bonchev–Trinajstić information content (AvgIpc) is 3.33. The summed E-state index contributed by atoms with van der Waals surface area (Å²) < 4.78 is 5.02. The van der Waals surface area contributed by atoms with Gasteiger partial charge in [-0.2, -0.15) is 0 Å². The smallest absolute Gasteiger partial charge is 0.317 e. The number of phenols is 1. The van der Waals surface area contributed by atoms with E-state index in [9.17, 15) is 14.7 Å². The van der Waals surface area contributed by atoms with Crippen LogP contribution in [0.15, 0.2) is 18.2 Å². The van der Waals surface area contributed by atoms with Gasteiger partial charge in [0.05, 0.1) is 19.2 Å². The van der Waals surface area contributed by atoms with E-state index in [1.807, 2.05) is 4.90 Å². The van der Waals surface area contributed by atoms with Gasteiger partial charge in [-0.05, 0) is 43.7 Å². The Labute approximate surface area is 146 Å². The summed E-state index contributed by atoms with van der Waals surface area (Å²) in [5, 5.41) is 22.0. The van der Waals surface area contributed by atoms with E-state index in [2.05, 4.69) is 5.32 Å². The van der Waals surface area contributed by atoms with Crippen molar-refractivity contribution in [1.29, 1.82) is 0 Å². The van der Waals surface area contributed by atoms with Crippen molar-refractivity contribution in [2.24, 2.45) is 5.92 Å². The monoisotopic (exact) mass is 348 g/mol. The van der Waals surface area contributed by atoms with Gasteiger partial charge in [0.1, 0.15) is 0 Å². The molecule has 2 aliphatic carbocycles. The molecular formula is C18H24N2O5. The number of carboxylic acid groups (broad SMARTS) is 1. The number of aromatic hydroxyl groups is 1. The molecule has 3 rings (SSSR count). The van der Waals surface area contributed by atoms with Gasteiger partial charge in [0, 0.05) is 18.6 Å². The summed E-state index contributed by atoms with van der Waals surface area (Å²) in [6.07, 6.45) is 3.82. The first-order valence-corrected chi connectivity index (χ1v) is 8.60. The highest BCUT2D eigenvalue weighted by Crippen LogP contribution is 2.34. The van der Waals surface area contributed by atoms with E-state index in [4.69, 9.17) is 9.84 Å². The molecule has 3 N–H and O–H groups in total. The zero-order chi connectivity index (χ0) is 18.0. The second kappa shape index (κ2) is 7.31. The molecular weight excluding hydrogens is 324 g/mol. The molecule has 7 heteroatoms. The van der Waals surface area contributed by atoms with Crippen LogP contribution in [0.25, 0.3) is 0 Å². The molecule has 0 bridgehead atoms. The van der Waals surface area contributed by atoms with E-state index in [0.29, 0.717) is 5.92 Å². The Morgan fingerprint density at radius 1 is 1.32 bits per heavy atom. The number of nitrogens with zero attached hydrogens (tertiary/aromatic N) is 1. The van der Waals surface area contributed by atoms with E-state index >= 15 is 0 Å². The van der Waals surface area contributed by atoms with E-state index in [1.54, 1.807) is 18.2 Å². The number of benzene rings is 1. The summed E-state index contributed by atoms with van der Waals surface area (Å²) in [5.41, 5.74) is 0.183. The topological polar surface area (TPSA) is 99.1 Å². The van der Waals surface area contributed by atoms with Crippen LogP contribution in [0.2, 0.25) is 0 Å². The number of carboxylic acids is 1. The normalized spacial score (nSPS) is 22.3. The van der Waals surface area contributed by atoms with Crippen LogP contribution in [-0.4, -0.2) is 59.3 Å². The summed E-state index contributed by atoms with van der Waals surface area (Å²) in [6, 6.07) is 4.99. The van der Waals surface area contributed by atoms with Gasteiger partial charge < -0.3 is 20.3 Å². The van der Waals surface area contributed by atoms with Crippen molar-refractivity contribution >= 4 is 11.9 Å². The zero-order valence-electron chi connectivity index (χ0n) is 14.3. The van der Waals surface area contributed by atoms with Crippen molar-refractivity contribution in [3.8, 4) is 11.5 Å². The van der Waals surface area contributed by atoms with Crippen molar-refractivity contribution in [1.82, 2.24) is 10.2 Å².